The molecular weight excluding hydrogens is 393 g/mol. The second-order valence-electron chi connectivity index (χ2n) is 7.39. The molecule has 0 aliphatic carbocycles. The van der Waals surface area contributed by atoms with E-state index in [4.69, 9.17) is 4.74 Å². The summed E-state index contributed by atoms with van der Waals surface area (Å²) in [5, 5.41) is 4.25. The highest BCUT2D eigenvalue weighted by Gasteiger charge is 2.27. The number of hydrogen-bond donors (Lipinski definition) is 2. The molecule has 2 aromatic carbocycles. The van der Waals surface area contributed by atoms with Gasteiger partial charge in [-0.25, -0.2) is 14.2 Å². The highest BCUT2D eigenvalue weighted by atomic mass is 32.2. The summed E-state index contributed by atoms with van der Waals surface area (Å²) in [7, 11) is 0. The Labute approximate surface area is 174 Å². The van der Waals surface area contributed by atoms with Crippen molar-refractivity contribution in [1.29, 1.82) is 0 Å². The Morgan fingerprint density at radius 1 is 1.21 bits per heavy atom. The number of rotatable bonds is 7. The smallest absolute Gasteiger partial charge is 0.429 e. The number of anilines is 3. The van der Waals surface area contributed by atoms with Crippen LogP contribution < -0.4 is 10.7 Å². The number of nitrogens with one attached hydrogen (secondary N) is 2. The van der Waals surface area contributed by atoms with Gasteiger partial charge in [-0.2, -0.15) is 0 Å². The van der Waals surface area contributed by atoms with Crippen LogP contribution in [0.15, 0.2) is 47.4 Å². The third-order valence-corrected chi connectivity index (χ3v) is 4.49. The number of thioether (sulfide) groups is 1. The zero-order valence-corrected chi connectivity index (χ0v) is 18.0. The predicted octanol–water partition coefficient (Wildman–Crippen LogP) is 5.44. The van der Waals surface area contributed by atoms with E-state index in [9.17, 15) is 14.0 Å². The fourth-order valence-electron chi connectivity index (χ4n) is 2.39. The van der Waals surface area contributed by atoms with Crippen molar-refractivity contribution in [2.75, 3.05) is 17.0 Å². The van der Waals surface area contributed by atoms with Gasteiger partial charge in [-0.15, -0.1) is 11.8 Å². The summed E-state index contributed by atoms with van der Waals surface area (Å²) in [6.45, 7) is 6.71. The fourth-order valence-corrected chi connectivity index (χ4v) is 2.85. The quantitative estimate of drug-likeness (QED) is 0.354. The average molecular weight is 420 g/mol. The van der Waals surface area contributed by atoms with E-state index in [2.05, 4.69) is 10.7 Å². The first-order valence-corrected chi connectivity index (χ1v) is 10.3. The van der Waals surface area contributed by atoms with Crippen LogP contribution in [0.4, 0.5) is 26.2 Å². The molecule has 29 heavy (non-hydrogen) atoms. The van der Waals surface area contributed by atoms with Gasteiger partial charge in [0.05, 0.1) is 11.4 Å². The molecule has 0 aliphatic heterocycles. The van der Waals surface area contributed by atoms with Crippen LogP contribution >= 0.6 is 11.8 Å². The molecule has 0 fully saturated rings. The van der Waals surface area contributed by atoms with Crippen LogP contribution in [0.3, 0.4) is 0 Å². The summed E-state index contributed by atoms with van der Waals surface area (Å²) < 4.78 is 19.3. The summed E-state index contributed by atoms with van der Waals surface area (Å²) in [5.41, 5.74) is 3.71. The van der Waals surface area contributed by atoms with Crippen molar-refractivity contribution in [1.82, 2.24) is 5.01 Å². The third kappa shape index (κ3) is 6.67. The lowest BCUT2D eigenvalue weighted by Gasteiger charge is -2.31. The Morgan fingerprint density at radius 3 is 2.55 bits per heavy atom. The molecule has 0 unspecified atom stereocenters. The first kappa shape index (κ1) is 22.5. The molecule has 0 aromatic heterocycles. The van der Waals surface area contributed by atoms with Crippen molar-refractivity contribution in [2.45, 2.75) is 44.2 Å². The number of ether oxygens (including phenoxy) is 1. The number of halogens is 1. The summed E-state index contributed by atoms with van der Waals surface area (Å²) in [6.07, 6.45) is 1.84. The molecule has 2 rings (SSSR count). The van der Waals surface area contributed by atoms with Gasteiger partial charge in [-0.1, -0.05) is 6.07 Å². The highest BCUT2D eigenvalue weighted by molar-refractivity contribution is 7.98. The number of carbonyl (C=O) groups is 2. The molecule has 2 aromatic rings. The summed E-state index contributed by atoms with van der Waals surface area (Å²) >= 11 is 1.60. The van der Waals surface area contributed by atoms with E-state index in [1.54, 1.807) is 38.6 Å². The lowest BCUT2D eigenvalue weighted by molar-refractivity contribution is -0.111. The Morgan fingerprint density at radius 2 is 1.93 bits per heavy atom. The Hall–Kier alpha value is -2.74. The minimum atomic E-state index is -0.833. The number of hydrogen-bond acceptors (Lipinski definition) is 6. The molecule has 1 atom stereocenters. The Kier molecular flexibility index (Phi) is 7.50. The van der Waals surface area contributed by atoms with E-state index in [0.717, 1.165) is 15.6 Å². The minimum Gasteiger partial charge on any atom is -0.442 e. The van der Waals surface area contributed by atoms with Gasteiger partial charge in [-0.3, -0.25) is 5.43 Å². The molecule has 2 N–H and O–H groups in total. The molecule has 0 heterocycles. The van der Waals surface area contributed by atoms with Crippen molar-refractivity contribution < 1.29 is 18.7 Å². The zero-order valence-electron chi connectivity index (χ0n) is 17.2. The van der Waals surface area contributed by atoms with Gasteiger partial charge in [0.2, 0.25) is 0 Å². The van der Waals surface area contributed by atoms with Crippen molar-refractivity contribution in [3.63, 3.8) is 0 Å². The van der Waals surface area contributed by atoms with E-state index >= 15 is 0 Å². The lowest BCUT2D eigenvalue weighted by atomic mass is 10.2. The second-order valence-corrected chi connectivity index (χ2v) is 8.27. The largest absolute Gasteiger partial charge is 0.442 e. The third-order valence-electron chi connectivity index (χ3n) is 3.77. The molecule has 156 valence electrons. The van der Waals surface area contributed by atoms with Gasteiger partial charge in [0.25, 0.3) is 0 Å². The van der Waals surface area contributed by atoms with Crippen LogP contribution in [0.2, 0.25) is 0 Å². The van der Waals surface area contributed by atoms with Gasteiger partial charge in [0.1, 0.15) is 23.7 Å². The van der Waals surface area contributed by atoms with Gasteiger partial charge in [0, 0.05) is 16.6 Å². The van der Waals surface area contributed by atoms with Gasteiger partial charge in [0.15, 0.2) is 0 Å². The maximum atomic E-state index is 13.9. The molecular formula is C21H26FN3O3S. The first-order valence-electron chi connectivity index (χ1n) is 9.07. The lowest BCUT2D eigenvalue weighted by Crippen LogP contribution is -2.46. The van der Waals surface area contributed by atoms with E-state index in [0.29, 0.717) is 17.7 Å². The zero-order chi connectivity index (χ0) is 21.6. The second kappa shape index (κ2) is 9.65. The fraction of sp³-hybridized carbons (Fsp3) is 0.333. The Balaban J connectivity index is 2.34. The summed E-state index contributed by atoms with van der Waals surface area (Å²) in [6, 6.07) is 11.0. The molecule has 8 heteroatoms. The van der Waals surface area contributed by atoms with E-state index < -0.39 is 23.6 Å². The number of amides is 1. The van der Waals surface area contributed by atoms with Crippen molar-refractivity contribution in [2.24, 2.45) is 0 Å². The molecule has 0 bridgehead atoms. The number of aldehydes is 1. The van der Waals surface area contributed by atoms with E-state index in [-0.39, 0.29) is 0 Å². The van der Waals surface area contributed by atoms with Crippen LogP contribution in [-0.4, -0.2) is 35.3 Å². The highest BCUT2D eigenvalue weighted by Crippen LogP contribution is 2.29. The Bertz CT molecular complexity index is 870. The van der Waals surface area contributed by atoms with Gasteiger partial charge >= 0.3 is 6.09 Å². The molecule has 0 spiro atoms. The standard InChI is InChI=1S/C21H26FN3O3S/c1-14(13-26)25(20(27)28-21(2,3)4)24-19-11-15(22)9-10-18(19)23-16-7-6-8-17(12-16)29-5/h6-14,23-24H,1-5H3/t14-/m0/s1. The SMILES string of the molecule is CSc1cccc(Nc2ccc(F)cc2NN(C(=O)OC(C)(C)C)[C@@H](C)C=O)c1. The van der Waals surface area contributed by atoms with Crippen LogP contribution in [0.25, 0.3) is 0 Å². The molecule has 1 amide bonds. The van der Waals surface area contributed by atoms with E-state index in [1.807, 2.05) is 30.5 Å². The molecule has 6 nitrogen and oxygen atoms in total. The van der Waals surface area contributed by atoms with Gasteiger partial charge < -0.3 is 14.8 Å². The number of nitrogens with zero attached hydrogens (tertiary/aromatic N) is 1. The van der Waals surface area contributed by atoms with Crippen molar-refractivity contribution >= 4 is 41.2 Å². The maximum absolute atomic E-state index is 13.9. The summed E-state index contributed by atoms with van der Waals surface area (Å²) in [5.74, 6) is -0.487. The van der Waals surface area contributed by atoms with Crippen LogP contribution in [-0.2, 0) is 9.53 Å². The number of benzene rings is 2. The molecule has 0 saturated carbocycles. The van der Waals surface area contributed by atoms with Crippen LogP contribution in [0.1, 0.15) is 27.7 Å². The van der Waals surface area contributed by atoms with E-state index in [1.165, 1.54) is 19.1 Å². The molecule has 0 aliphatic rings. The van der Waals surface area contributed by atoms with Crippen LogP contribution in [0.5, 0.6) is 0 Å². The van der Waals surface area contributed by atoms with Crippen molar-refractivity contribution in [3.05, 3.63) is 48.3 Å². The van der Waals surface area contributed by atoms with Gasteiger partial charge in [-0.05, 0) is 64.3 Å². The predicted molar refractivity (Wildman–Crippen MR) is 115 cm³/mol. The maximum Gasteiger partial charge on any atom is 0.429 e. The van der Waals surface area contributed by atoms with Crippen LogP contribution in [0, 0.1) is 5.82 Å². The molecule has 0 saturated heterocycles. The average Bonchev–Trinajstić information content (AvgIpc) is 2.66. The monoisotopic (exact) mass is 419 g/mol. The topological polar surface area (TPSA) is 70.7 Å². The first-order chi connectivity index (χ1) is 13.6. The number of hydrazine groups is 1. The normalized spacial score (nSPS) is 12.1. The minimum absolute atomic E-state index is 0.291. The molecule has 0 radical (unpaired) electrons. The number of carbonyl (C=O) groups excluding carboxylic acids is 2. The summed E-state index contributed by atoms with van der Waals surface area (Å²) in [4.78, 5) is 25.0. The van der Waals surface area contributed by atoms with Crippen molar-refractivity contribution in [3.8, 4) is 0 Å².